The van der Waals surface area contributed by atoms with Crippen LogP contribution in [0.5, 0.6) is 0 Å². The molecule has 5 heteroatoms. The van der Waals surface area contributed by atoms with Crippen LogP contribution in [0, 0.1) is 0 Å². The number of carbonyl (C=O) groups is 1. The lowest BCUT2D eigenvalue weighted by Gasteiger charge is -2.10. The highest BCUT2D eigenvalue weighted by Gasteiger charge is 2.32. The Kier molecular flexibility index (Phi) is 3.93. The number of amides is 1. The molecule has 1 aromatic carbocycles. The zero-order valence-electron chi connectivity index (χ0n) is 9.45. The fourth-order valence-electron chi connectivity index (χ4n) is 1.21. The zero-order chi connectivity index (χ0) is 13.1. The molecule has 2 nitrogen and oxygen atoms in total. The molecule has 1 amide bonds. The molecule has 0 unspecified atom stereocenters. The molecule has 0 radical (unpaired) electrons. The predicted octanol–water partition coefficient (Wildman–Crippen LogP) is 2.81. The predicted molar refractivity (Wildman–Crippen MR) is 59.2 cm³/mol. The van der Waals surface area contributed by atoms with E-state index in [1.165, 1.54) is 43.3 Å². The van der Waals surface area contributed by atoms with Gasteiger partial charge in [-0.2, -0.15) is 13.2 Å². The summed E-state index contributed by atoms with van der Waals surface area (Å²) in [5.41, 5.74) is -0.766. The molecule has 17 heavy (non-hydrogen) atoms. The summed E-state index contributed by atoms with van der Waals surface area (Å²) in [6.45, 7) is 0. The van der Waals surface area contributed by atoms with Gasteiger partial charge in [-0.25, -0.2) is 0 Å². The molecule has 0 spiro atoms. The van der Waals surface area contributed by atoms with E-state index in [1.807, 2.05) is 0 Å². The van der Waals surface area contributed by atoms with Crippen LogP contribution in [0.4, 0.5) is 13.2 Å². The maximum atomic E-state index is 12.6. The number of rotatable bonds is 2. The highest BCUT2D eigenvalue weighted by Crippen LogP contribution is 2.32. The van der Waals surface area contributed by atoms with Crippen LogP contribution in [0.15, 0.2) is 30.3 Å². The lowest BCUT2D eigenvalue weighted by atomic mass is 10.1. The normalized spacial score (nSPS) is 11.8. The Bertz CT molecular complexity index is 436. The van der Waals surface area contributed by atoms with E-state index in [0.29, 0.717) is 0 Å². The van der Waals surface area contributed by atoms with Crippen molar-refractivity contribution in [1.29, 1.82) is 0 Å². The molecule has 0 bridgehead atoms. The van der Waals surface area contributed by atoms with Gasteiger partial charge in [0.25, 0.3) is 0 Å². The van der Waals surface area contributed by atoms with E-state index in [0.717, 1.165) is 12.1 Å². The van der Waals surface area contributed by atoms with Gasteiger partial charge in [-0.1, -0.05) is 18.2 Å². The average Bonchev–Trinajstić information content (AvgIpc) is 2.24. The van der Waals surface area contributed by atoms with Crippen LogP contribution in [0.1, 0.15) is 11.1 Å². The maximum Gasteiger partial charge on any atom is 0.416 e. The largest absolute Gasteiger partial charge is 0.416 e. The third-order valence-electron chi connectivity index (χ3n) is 2.11. The number of halogens is 3. The van der Waals surface area contributed by atoms with Gasteiger partial charge < -0.3 is 4.90 Å². The van der Waals surface area contributed by atoms with Crippen molar-refractivity contribution in [3.8, 4) is 0 Å². The van der Waals surface area contributed by atoms with Crippen molar-refractivity contribution < 1.29 is 18.0 Å². The molecule has 0 aliphatic carbocycles. The summed E-state index contributed by atoms with van der Waals surface area (Å²) in [5.74, 6) is -0.359. The second-order valence-corrected chi connectivity index (χ2v) is 3.65. The summed E-state index contributed by atoms with van der Waals surface area (Å²) in [5, 5.41) is 0. The molecule has 0 heterocycles. The van der Waals surface area contributed by atoms with Crippen molar-refractivity contribution in [3.63, 3.8) is 0 Å². The molecule has 0 saturated heterocycles. The minimum atomic E-state index is -4.41. The fraction of sp³-hybridized carbons (Fsp3) is 0.250. The van der Waals surface area contributed by atoms with Gasteiger partial charge >= 0.3 is 6.18 Å². The lowest BCUT2D eigenvalue weighted by Crippen LogP contribution is -2.18. The van der Waals surface area contributed by atoms with Gasteiger partial charge in [0, 0.05) is 20.2 Å². The topological polar surface area (TPSA) is 20.3 Å². The van der Waals surface area contributed by atoms with E-state index in [9.17, 15) is 18.0 Å². The first-order chi connectivity index (χ1) is 7.82. The molecule has 0 atom stereocenters. The molecular formula is C12H12F3NO. The molecule has 0 aliphatic heterocycles. The molecule has 1 rings (SSSR count). The highest BCUT2D eigenvalue weighted by molar-refractivity contribution is 5.91. The summed E-state index contributed by atoms with van der Waals surface area (Å²) in [6.07, 6.45) is -2.13. The van der Waals surface area contributed by atoms with Crippen LogP contribution in [-0.2, 0) is 11.0 Å². The Morgan fingerprint density at radius 3 is 2.35 bits per heavy atom. The number of hydrogen-bond acceptors (Lipinski definition) is 1. The first-order valence-electron chi connectivity index (χ1n) is 4.88. The van der Waals surface area contributed by atoms with Crippen molar-refractivity contribution in [2.45, 2.75) is 6.18 Å². The van der Waals surface area contributed by atoms with E-state index in [-0.39, 0.29) is 11.5 Å². The average molecular weight is 243 g/mol. The van der Waals surface area contributed by atoms with Crippen molar-refractivity contribution in [3.05, 3.63) is 41.5 Å². The van der Waals surface area contributed by atoms with Gasteiger partial charge in [0.2, 0.25) is 5.91 Å². The van der Waals surface area contributed by atoms with Gasteiger partial charge in [0.15, 0.2) is 0 Å². The SMILES string of the molecule is CN(C)C(=O)C=Cc1ccccc1C(F)(F)F. The molecule has 0 aromatic heterocycles. The van der Waals surface area contributed by atoms with Gasteiger partial charge in [0.05, 0.1) is 5.56 Å². The first kappa shape index (κ1) is 13.3. The van der Waals surface area contributed by atoms with Crippen molar-refractivity contribution >= 4 is 12.0 Å². The smallest absolute Gasteiger partial charge is 0.345 e. The maximum absolute atomic E-state index is 12.6. The number of nitrogens with zero attached hydrogens (tertiary/aromatic N) is 1. The Morgan fingerprint density at radius 1 is 1.24 bits per heavy atom. The number of benzene rings is 1. The van der Waals surface area contributed by atoms with Crippen LogP contribution in [-0.4, -0.2) is 24.9 Å². The van der Waals surface area contributed by atoms with Gasteiger partial charge in [0.1, 0.15) is 0 Å². The summed E-state index contributed by atoms with van der Waals surface area (Å²) >= 11 is 0. The molecule has 0 saturated carbocycles. The monoisotopic (exact) mass is 243 g/mol. The quantitative estimate of drug-likeness (QED) is 0.731. The molecule has 1 aromatic rings. The lowest BCUT2D eigenvalue weighted by molar-refractivity contribution is -0.137. The molecule has 0 fully saturated rings. The molecule has 0 N–H and O–H groups in total. The standard InChI is InChI=1S/C12H12F3NO/c1-16(2)11(17)8-7-9-5-3-4-6-10(9)12(13,14)15/h3-8H,1-2H3. The minimum Gasteiger partial charge on any atom is -0.345 e. The van der Waals surface area contributed by atoms with Crippen molar-refractivity contribution in [1.82, 2.24) is 4.90 Å². The third-order valence-corrected chi connectivity index (χ3v) is 2.11. The second kappa shape index (κ2) is 5.03. The Morgan fingerprint density at radius 2 is 1.82 bits per heavy atom. The number of likely N-dealkylation sites (N-methyl/N-ethyl adjacent to an activating group) is 1. The second-order valence-electron chi connectivity index (χ2n) is 3.65. The van der Waals surface area contributed by atoms with Gasteiger partial charge in [-0.3, -0.25) is 4.79 Å². The summed E-state index contributed by atoms with van der Waals surface area (Å²) in [4.78, 5) is 12.5. The van der Waals surface area contributed by atoms with Crippen LogP contribution < -0.4 is 0 Å². The molecule has 92 valence electrons. The fourth-order valence-corrected chi connectivity index (χ4v) is 1.21. The number of hydrogen-bond donors (Lipinski definition) is 0. The Hall–Kier alpha value is -1.78. The Labute approximate surface area is 97.3 Å². The van der Waals surface area contributed by atoms with Crippen LogP contribution in [0.2, 0.25) is 0 Å². The highest BCUT2D eigenvalue weighted by atomic mass is 19.4. The molecule has 0 aliphatic rings. The zero-order valence-corrected chi connectivity index (χ0v) is 9.45. The summed E-state index contributed by atoms with van der Waals surface area (Å²) < 4.78 is 37.8. The first-order valence-corrected chi connectivity index (χ1v) is 4.88. The van der Waals surface area contributed by atoms with E-state index in [4.69, 9.17) is 0 Å². The van der Waals surface area contributed by atoms with E-state index in [1.54, 1.807) is 0 Å². The van der Waals surface area contributed by atoms with E-state index in [2.05, 4.69) is 0 Å². The summed E-state index contributed by atoms with van der Waals surface area (Å²) in [6, 6.07) is 5.12. The molecular weight excluding hydrogens is 231 g/mol. The van der Waals surface area contributed by atoms with E-state index >= 15 is 0 Å². The van der Waals surface area contributed by atoms with Crippen molar-refractivity contribution in [2.75, 3.05) is 14.1 Å². The van der Waals surface area contributed by atoms with Crippen LogP contribution in [0.25, 0.3) is 6.08 Å². The number of alkyl halides is 3. The van der Waals surface area contributed by atoms with Crippen LogP contribution >= 0.6 is 0 Å². The van der Waals surface area contributed by atoms with E-state index < -0.39 is 11.7 Å². The third kappa shape index (κ3) is 3.62. The van der Waals surface area contributed by atoms with Crippen LogP contribution in [0.3, 0.4) is 0 Å². The Balaban J connectivity index is 3.04. The minimum absolute atomic E-state index is 0.0183. The number of carbonyl (C=O) groups excluding carboxylic acids is 1. The van der Waals surface area contributed by atoms with Gasteiger partial charge in [-0.05, 0) is 17.7 Å². The van der Waals surface area contributed by atoms with Crippen molar-refractivity contribution in [2.24, 2.45) is 0 Å². The van der Waals surface area contributed by atoms with Gasteiger partial charge in [-0.15, -0.1) is 0 Å². The summed E-state index contributed by atoms with van der Waals surface area (Å²) in [7, 11) is 3.06.